The molecule has 2 aromatic rings. The first-order valence-electron chi connectivity index (χ1n) is 9.66. The van der Waals surface area contributed by atoms with Crippen molar-refractivity contribution in [3.05, 3.63) is 71.3 Å². The van der Waals surface area contributed by atoms with Gasteiger partial charge in [-0.2, -0.15) is 0 Å². The lowest BCUT2D eigenvalue weighted by molar-refractivity contribution is -0.127. The first-order chi connectivity index (χ1) is 12.6. The Balaban J connectivity index is 1.46. The van der Waals surface area contributed by atoms with E-state index in [1.54, 1.807) is 0 Å². The van der Waals surface area contributed by atoms with Gasteiger partial charge in [0.05, 0.1) is 5.41 Å². The second kappa shape index (κ2) is 6.88. The SMILES string of the molecule is Cc1cccc(CC2(C(=O)NC3CN(C)CC3c3ccccc3)CC2)c1. The molecule has 1 N–H and O–H groups in total. The third kappa shape index (κ3) is 3.54. The summed E-state index contributed by atoms with van der Waals surface area (Å²) in [6.45, 7) is 4.04. The van der Waals surface area contributed by atoms with E-state index < -0.39 is 0 Å². The van der Waals surface area contributed by atoms with Crippen molar-refractivity contribution in [2.75, 3.05) is 20.1 Å². The molecule has 0 radical (unpaired) electrons. The van der Waals surface area contributed by atoms with Crippen LogP contribution >= 0.6 is 0 Å². The van der Waals surface area contributed by atoms with Crippen molar-refractivity contribution in [1.82, 2.24) is 10.2 Å². The molecule has 0 bridgehead atoms. The first-order valence-corrected chi connectivity index (χ1v) is 9.66. The molecule has 0 spiro atoms. The largest absolute Gasteiger partial charge is 0.351 e. The van der Waals surface area contributed by atoms with Crippen molar-refractivity contribution in [2.24, 2.45) is 5.41 Å². The molecule has 1 amide bonds. The van der Waals surface area contributed by atoms with Crippen LogP contribution in [-0.4, -0.2) is 37.0 Å². The van der Waals surface area contributed by atoms with Crippen LogP contribution < -0.4 is 5.32 Å². The Bertz CT molecular complexity index is 782. The molecule has 2 atom stereocenters. The molecule has 1 saturated carbocycles. The van der Waals surface area contributed by atoms with Gasteiger partial charge in [0.25, 0.3) is 0 Å². The van der Waals surface area contributed by atoms with E-state index in [0.29, 0.717) is 5.92 Å². The van der Waals surface area contributed by atoms with Gasteiger partial charge in [-0.25, -0.2) is 0 Å². The molecule has 2 aliphatic rings. The zero-order chi connectivity index (χ0) is 18.1. The number of nitrogens with one attached hydrogen (secondary N) is 1. The zero-order valence-corrected chi connectivity index (χ0v) is 15.7. The average molecular weight is 348 g/mol. The summed E-state index contributed by atoms with van der Waals surface area (Å²) < 4.78 is 0. The van der Waals surface area contributed by atoms with Gasteiger partial charge in [0.2, 0.25) is 5.91 Å². The topological polar surface area (TPSA) is 32.3 Å². The van der Waals surface area contributed by atoms with E-state index in [1.807, 2.05) is 0 Å². The second-order valence-electron chi connectivity index (χ2n) is 8.26. The van der Waals surface area contributed by atoms with Gasteiger partial charge in [0.1, 0.15) is 0 Å². The van der Waals surface area contributed by atoms with Crippen LogP contribution in [0.15, 0.2) is 54.6 Å². The molecule has 4 rings (SSSR count). The molecule has 1 heterocycles. The molecule has 3 heteroatoms. The van der Waals surface area contributed by atoms with Crippen LogP contribution in [0.4, 0.5) is 0 Å². The molecule has 2 fully saturated rings. The highest BCUT2D eigenvalue weighted by atomic mass is 16.2. The number of hydrogen-bond acceptors (Lipinski definition) is 2. The standard InChI is InChI=1S/C23H28N2O/c1-17-7-6-8-18(13-17)14-23(11-12-23)22(26)24-21-16-25(2)15-20(21)19-9-4-3-5-10-19/h3-10,13,20-21H,11-12,14-16H2,1-2H3,(H,24,26). The van der Waals surface area contributed by atoms with Gasteiger partial charge in [-0.15, -0.1) is 0 Å². The fourth-order valence-electron chi connectivity index (χ4n) is 4.35. The first kappa shape index (κ1) is 17.3. The number of carbonyl (C=O) groups excluding carboxylic acids is 1. The number of hydrogen-bond donors (Lipinski definition) is 1. The number of aryl methyl sites for hydroxylation is 1. The summed E-state index contributed by atoms with van der Waals surface area (Å²) in [5, 5.41) is 3.41. The Morgan fingerprint density at radius 2 is 1.88 bits per heavy atom. The Morgan fingerprint density at radius 1 is 1.12 bits per heavy atom. The van der Waals surface area contributed by atoms with E-state index >= 15 is 0 Å². The van der Waals surface area contributed by atoms with Crippen LogP contribution in [0.25, 0.3) is 0 Å². The molecular weight excluding hydrogens is 320 g/mol. The maximum absolute atomic E-state index is 13.1. The summed E-state index contributed by atoms with van der Waals surface area (Å²) in [7, 11) is 2.14. The molecule has 1 aliphatic heterocycles. The maximum Gasteiger partial charge on any atom is 0.226 e. The van der Waals surface area contributed by atoms with Gasteiger partial charge in [-0.05, 0) is 44.4 Å². The van der Waals surface area contributed by atoms with Crippen molar-refractivity contribution in [2.45, 2.75) is 38.1 Å². The van der Waals surface area contributed by atoms with Gasteiger partial charge in [0.15, 0.2) is 0 Å². The third-order valence-electron chi connectivity index (χ3n) is 6.01. The molecule has 1 aliphatic carbocycles. The van der Waals surface area contributed by atoms with Crippen molar-refractivity contribution in [1.29, 1.82) is 0 Å². The van der Waals surface area contributed by atoms with Crippen molar-refractivity contribution in [3.8, 4) is 0 Å². The number of carbonyl (C=O) groups is 1. The van der Waals surface area contributed by atoms with Gasteiger partial charge in [-0.1, -0.05) is 60.2 Å². The van der Waals surface area contributed by atoms with Crippen LogP contribution in [0.1, 0.15) is 35.4 Å². The Hall–Kier alpha value is -2.13. The van der Waals surface area contributed by atoms with Gasteiger partial charge in [-0.3, -0.25) is 4.79 Å². The highest BCUT2D eigenvalue weighted by Crippen LogP contribution is 2.49. The minimum absolute atomic E-state index is 0.184. The lowest BCUT2D eigenvalue weighted by Crippen LogP contribution is -2.44. The van der Waals surface area contributed by atoms with Gasteiger partial charge >= 0.3 is 0 Å². The highest BCUT2D eigenvalue weighted by Gasteiger charge is 2.50. The molecule has 2 unspecified atom stereocenters. The quantitative estimate of drug-likeness (QED) is 0.896. The Morgan fingerprint density at radius 3 is 2.58 bits per heavy atom. The highest BCUT2D eigenvalue weighted by molar-refractivity contribution is 5.86. The molecular formula is C23H28N2O. The smallest absolute Gasteiger partial charge is 0.226 e. The molecule has 26 heavy (non-hydrogen) atoms. The summed E-state index contributed by atoms with van der Waals surface area (Å²) in [5.41, 5.74) is 3.68. The normalized spacial score (nSPS) is 24.4. The monoisotopic (exact) mass is 348 g/mol. The third-order valence-corrected chi connectivity index (χ3v) is 6.01. The summed E-state index contributed by atoms with van der Waals surface area (Å²) in [6, 6.07) is 19.4. The van der Waals surface area contributed by atoms with Crippen LogP contribution in [0, 0.1) is 12.3 Å². The van der Waals surface area contributed by atoms with E-state index in [-0.39, 0.29) is 17.4 Å². The predicted octanol–water partition coefficient (Wildman–Crippen LogP) is 3.53. The van der Waals surface area contributed by atoms with E-state index in [9.17, 15) is 4.79 Å². The van der Waals surface area contributed by atoms with Crippen molar-refractivity contribution in [3.63, 3.8) is 0 Å². The molecule has 1 saturated heterocycles. The van der Waals surface area contributed by atoms with Crippen molar-refractivity contribution >= 4 is 5.91 Å². The fraction of sp³-hybridized carbons (Fsp3) is 0.435. The second-order valence-corrected chi connectivity index (χ2v) is 8.26. The minimum atomic E-state index is -0.184. The summed E-state index contributed by atoms with van der Waals surface area (Å²) in [5.74, 6) is 0.625. The average Bonchev–Trinajstić information content (AvgIpc) is 3.32. The lowest BCUT2D eigenvalue weighted by atomic mass is 9.91. The molecule has 0 aromatic heterocycles. The van der Waals surface area contributed by atoms with Gasteiger partial charge in [0, 0.05) is 25.0 Å². The van der Waals surface area contributed by atoms with E-state index in [0.717, 1.165) is 32.4 Å². The Labute approximate surface area is 156 Å². The van der Waals surface area contributed by atoms with E-state index in [4.69, 9.17) is 0 Å². The predicted molar refractivity (Wildman–Crippen MR) is 105 cm³/mol. The van der Waals surface area contributed by atoms with Crippen LogP contribution in [0.2, 0.25) is 0 Å². The Kier molecular flexibility index (Phi) is 4.58. The number of likely N-dealkylation sites (tertiary alicyclic amines) is 1. The molecule has 136 valence electrons. The van der Waals surface area contributed by atoms with Crippen LogP contribution in [0.3, 0.4) is 0 Å². The fourth-order valence-corrected chi connectivity index (χ4v) is 4.35. The minimum Gasteiger partial charge on any atom is -0.351 e. The lowest BCUT2D eigenvalue weighted by Gasteiger charge is -2.24. The number of rotatable bonds is 5. The van der Waals surface area contributed by atoms with E-state index in [2.05, 4.69) is 78.8 Å². The summed E-state index contributed by atoms with van der Waals surface area (Å²) in [4.78, 5) is 15.4. The van der Waals surface area contributed by atoms with Crippen LogP contribution in [0.5, 0.6) is 0 Å². The number of benzene rings is 2. The van der Waals surface area contributed by atoms with Gasteiger partial charge < -0.3 is 10.2 Å². The van der Waals surface area contributed by atoms with Crippen molar-refractivity contribution < 1.29 is 4.79 Å². The molecule has 2 aromatic carbocycles. The number of nitrogens with zero attached hydrogens (tertiary/aromatic N) is 1. The zero-order valence-electron chi connectivity index (χ0n) is 15.7. The number of likely N-dealkylation sites (N-methyl/N-ethyl adjacent to an activating group) is 1. The maximum atomic E-state index is 13.1. The summed E-state index contributed by atoms with van der Waals surface area (Å²) in [6.07, 6.45) is 2.87. The van der Waals surface area contributed by atoms with Crippen LogP contribution in [-0.2, 0) is 11.2 Å². The molecule has 3 nitrogen and oxygen atoms in total. The number of amides is 1. The van der Waals surface area contributed by atoms with E-state index in [1.165, 1.54) is 16.7 Å². The summed E-state index contributed by atoms with van der Waals surface area (Å²) >= 11 is 0.